The van der Waals surface area contributed by atoms with E-state index in [9.17, 15) is 0 Å². The van der Waals surface area contributed by atoms with Crippen molar-refractivity contribution >= 4 is 0 Å². The molecule has 24 heavy (non-hydrogen) atoms. The van der Waals surface area contributed by atoms with Gasteiger partial charge in [-0.15, -0.1) is 0 Å². The van der Waals surface area contributed by atoms with Crippen LogP contribution in [0.2, 0.25) is 0 Å². The van der Waals surface area contributed by atoms with Crippen molar-refractivity contribution in [2.45, 2.75) is 84.5 Å². The fraction of sp³-hybridized carbons (Fsp3) is 0.826. The van der Waals surface area contributed by atoms with Crippen LogP contribution in [0.3, 0.4) is 0 Å². The van der Waals surface area contributed by atoms with E-state index in [0.29, 0.717) is 0 Å². The molecule has 2 rings (SSSR count). The van der Waals surface area contributed by atoms with Crippen LogP contribution in [0.1, 0.15) is 84.5 Å². The lowest BCUT2D eigenvalue weighted by Crippen LogP contribution is -2.26. The maximum absolute atomic E-state index is 5.77. The summed E-state index contributed by atoms with van der Waals surface area (Å²) in [7, 11) is 0. The lowest BCUT2D eigenvalue weighted by molar-refractivity contribution is 0.0799. The molecule has 0 N–H and O–H groups in total. The number of hydrogen-bond acceptors (Lipinski definition) is 1. The molecule has 0 amide bonds. The van der Waals surface area contributed by atoms with Crippen LogP contribution in [0, 0.1) is 23.7 Å². The summed E-state index contributed by atoms with van der Waals surface area (Å²) in [6, 6.07) is 0. The summed E-state index contributed by atoms with van der Waals surface area (Å²) in [5, 5.41) is 0. The van der Waals surface area contributed by atoms with Gasteiger partial charge in [-0.3, -0.25) is 0 Å². The Kier molecular flexibility index (Phi) is 9.80. The summed E-state index contributed by atoms with van der Waals surface area (Å²) >= 11 is 0. The van der Waals surface area contributed by atoms with E-state index in [-0.39, 0.29) is 0 Å². The SMILES string of the molecule is CC=CCOCC1CCC(C2CCC(C=CCCCC)CC2)CC1. The number of ether oxygens (including phenoxy) is 1. The maximum atomic E-state index is 5.77. The van der Waals surface area contributed by atoms with E-state index < -0.39 is 0 Å². The molecule has 0 radical (unpaired) electrons. The van der Waals surface area contributed by atoms with Gasteiger partial charge in [0, 0.05) is 6.61 Å². The van der Waals surface area contributed by atoms with Gasteiger partial charge in [-0.25, -0.2) is 0 Å². The highest BCUT2D eigenvalue weighted by molar-refractivity contribution is 4.92. The van der Waals surface area contributed by atoms with Gasteiger partial charge in [0.05, 0.1) is 6.61 Å². The van der Waals surface area contributed by atoms with Gasteiger partial charge in [-0.05, 0) is 88.4 Å². The third-order valence-electron chi connectivity index (χ3n) is 6.31. The number of allylic oxidation sites excluding steroid dienone is 3. The van der Waals surface area contributed by atoms with E-state index in [0.717, 1.165) is 36.9 Å². The lowest BCUT2D eigenvalue weighted by Gasteiger charge is -2.37. The first-order valence-electron chi connectivity index (χ1n) is 10.7. The van der Waals surface area contributed by atoms with Crippen LogP contribution in [0.15, 0.2) is 24.3 Å². The third kappa shape index (κ3) is 7.13. The molecule has 1 nitrogen and oxygen atoms in total. The topological polar surface area (TPSA) is 9.23 Å². The van der Waals surface area contributed by atoms with Crippen molar-refractivity contribution in [3.63, 3.8) is 0 Å². The summed E-state index contributed by atoms with van der Waals surface area (Å²) in [5.74, 6) is 3.75. The Bertz CT molecular complexity index is 354. The molecule has 1 heteroatoms. The van der Waals surface area contributed by atoms with Gasteiger partial charge in [0.1, 0.15) is 0 Å². The van der Waals surface area contributed by atoms with Crippen molar-refractivity contribution in [3.05, 3.63) is 24.3 Å². The van der Waals surface area contributed by atoms with Gasteiger partial charge in [0.15, 0.2) is 0 Å². The first-order valence-corrected chi connectivity index (χ1v) is 10.7. The van der Waals surface area contributed by atoms with Gasteiger partial charge in [-0.1, -0.05) is 44.1 Å². The molecule has 0 atom stereocenters. The Hall–Kier alpha value is -0.560. The highest BCUT2D eigenvalue weighted by Crippen LogP contribution is 2.41. The van der Waals surface area contributed by atoms with Gasteiger partial charge < -0.3 is 4.74 Å². The molecule has 0 aromatic carbocycles. The minimum absolute atomic E-state index is 0.798. The standard InChI is InChI=1S/C23H40O/c1-3-5-7-8-9-20-10-14-22(15-11-20)23-16-12-21(13-17-23)19-24-18-6-4-2/h4,6,8-9,20-23H,3,5,7,10-19H2,1-2H3. The second kappa shape index (κ2) is 11.9. The molecule has 2 fully saturated rings. The van der Waals surface area contributed by atoms with Crippen LogP contribution in [0.25, 0.3) is 0 Å². The molecule has 0 unspecified atom stereocenters. The molecule has 0 heterocycles. The Balaban J connectivity index is 1.59. The molecule has 0 bridgehead atoms. The molecule has 2 saturated carbocycles. The van der Waals surface area contributed by atoms with Crippen LogP contribution in [0.5, 0.6) is 0 Å². The zero-order valence-electron chi connectivity index (χ0n) is 16.2. The van der Waals surface area contributed by atoms with Crippen molar-refractivity contribution in [3.8, 4) is 0 Å². The molecule has 2 aliphatic rings. The summed E-state index contributed by atoms with van der Waals surface area (Å²) in [6.45, 7) is 6.12. The summed E-state index contributed by atoms with van der Waals surface area (Å²) < 4.78 is 5.77. The Morgan fingerprint density at radius 2 is 1.54 bits per heavy atom. The first-order chi connectivity index (χ1) is 11.8. The quantitative estimate of drug-likeness (QED) is 0.328. The predicted molar refractivity (Wildman–Crippen MR) is 105 cm³/mol. The van der Waals surface area contributed by atoms with E-state index >= 15 is 0 Å². The number of hydrogen-bond donors (Lipinski definition) is 0. The Morgan fingerprint density at radius 1 is 0.875 bits per heavy atom. The average molecular weight is 333 g/mol. The molecular formula is C23H40O. The summed E-state index contributed by atoms with van der Waals surface area (Å²) in [6.07, 6.45) is 24.7. The second-order valence-electron chi connectivity index (χ2n) is 8.13. The monoisotopic (exact) mass is 332 g/mol. The van der Waals surface area contributed by atoms with Gasteiger partial charge in [0.25, 0.3) is 0 Å². The largest absolute Gasteiger partial charge is 0.377 e. The highest BCUT2D eigenvalue weighted by atomic mass is 16.5. The van der Waals surface area contributed by atoms with Crippen LogP contribution in [0.4, 0.5) is 0 Å². The van der Waals surface area contributed by atoms with Crippen LogP contribution in [-0.4, -0.2) is 13.2 Å². The zero-order chi connectivity index (χ0) is 17.0. The zero-order valence-corrected chi connectivity index (χ0v) is 16.2. The van der Waals surface area contributed by atoms with Gasteiger partial charge in [-0.2, -0.15) is 0 Å². The van der Waals surface area contributed by atoms with E-state index in [2.05, 4.69) is 38.2 Å². The maximum Gasteiger partial charge on any atom is 0.0647 e. The van der Waals surface area contributed by atoms with Crippen molar-refractivity contribution in [2.24, 2.45) is 23.7 Å². The minimum Gasteiger partial charge on any atom is -0.377 e. The van der Waals surface area contributed by atoms with Crippen LogP contribution < -0.4 is 0 Å². The van der Waals surface area contributed by atoms with Crippen molar-refractivity contribution in [1.82, 2.24) is 0 Å². The van der Waals surface area contributed by atoms with Crippen molar-refractivity contribution < 1.29 is 4.74 Å². The number of rotatable bonds is 9. The van der Waals surface area contributed by atoms with E-state index in [1.165, 1.54) is 70.6 Å². The van der Waals surface area contributed by atoms with Crippen molar-refractivity contribution in [1.29, 1.82) is 0 Å². The molecule has 0 aliphatic heterocycles. The third-order valence-corrected chi connectivity index (χ3v) is 6.31. The van der Waals surface area contributed by atoms with Gasteiger partial charge >= 0.3 is 0 Å². The molecule has 2 aliphatic carbocycles. The van der Waals surface area contributed by atoms with E-state index in [1.807, 2.05) is 0 Å². The molecular weight excluding hydrogens is 292 g/mol. The minimum atomic E-state index is 0.798. The first kappa shape index (κ1) is 19.8. The highest BCUT2D eigenvalue weighted by Gasteiger charge is 2.30. The Morgan fingerprint density at radius 3 is 2.17 bits per heavy atom. The lowest BCUT2D eigenvalue weighted by atomic mass is 9.69. The molecule has 0 aromatic heterocycles. The summed E-state index contributed by atoms with van der Waals surface area (Å²) in [5.41, 5.74) is 0. The molecule has 0 aromatic rings. The second-order valence-corrected chi connectivity index (χ2v) is 8.13. The van der Waals surface area contributed by atoms with E-state index in [1.54, 1.807) is 0 Å². The molecule has 0 saturated heterocycles. The molecule has 0 spiro atoms. The normalized spacial score (nSPS) is 31.9. The predicted octanol–water partition coefficient (Wildman–Crippen LogP) is 6.94. The van der Waals surface area contributed by atoms with Gasteiger partial charge in [0.2, 0.25) is 0 Å². The van der Waals surface area contributed by atoms with Crippen LogP contribution in [-0.2, 0) is 4.74 Å². The fourth-order valence-electron chi connectivity index (χ4n) is 4.64. The fourth-order valence-corrected chi connectivity index (χ4v) is 4.64. The molecule has 138 valence electrons. The summed E-state index contributed by atoms with van der Waals surface area (Å²) in [4.78, 5) is 0. The average Bonchev–Trinajstić information content (AvgIpc) is 2.64. The van der Waals surface area contributed by atoms with E-state index in [4.69, 9.17) is 4.74 Å². The van der Waals surface area contributed by atoms with Crippen molar-refractivity contribution in [2.75, 3.05) is 13.2 Å². The number of unbranched alkanes of at least 4 members (excludes halogenated alkanes) is 2. The van der Waals surface area contributed by atoms with Crippen LogP contribution >= 0.6 is 0 Å². The smallest absolute Gasteiger partial charge is 0.0647 e. The Labute approximate surface area is 150 Å².